The van der Waals surface area contributed by atoms with Crippen molar-refractivity contribution in [1.82, 2.24) is 4.90 Å². The summed E-state index contributed by atoms with van der Waals surface area (Å²) in [6.45, 7) is 3.27. The number of ether oxygens (including phenoxy) is 2. The number of amides is 1. The molecule has 2 heterocycles. The zero-order chi connectivity index (χ0) is 25.9. The number of esters is 1. The summed E-state index contributed by atoms with van der Waals surface area (Å²) in [7, 11) is 0. The zero-order valence-electron chi connectivity index (χ0n) is 19.3. The zero-order valence-corrected chi connectivity index (χ0v) is 20.2. The molecule has 36 heavy (non-hydrogen) atoms. The number of rotatable bonds is 7. The van der Waals surface area contributed by atoms with E-state index in [0.29, 0.717) is 22.6 Å². The van der Waals surface area contributed by atoms with E-state index in [0.717, 1.165) is 17.3 Å². The Kier molecular flexibility index (Phi) is 7.39. The van der Waals surface area contributed by atoms with E-state index in [1.165, 1.54) is 23.9 Å². The first-order valence-electron chi connectivity index (χ1n) is 11.0. The number of nitrogens with zero attached hydrogens (tertiary/aromatic N) is 2. The van der Waals surface area contributed by atoms with Crippen LogP contribution in [0.4, 0.5) is 18.9 Å². The molecule has 0 spiro atoms. The molecular weight excluding hydrogens is 495 g/mol. The molecule has 2 aromatic rings. The Bertz CT molecular complexity index is 1270. The maximum atomic E-state index is 12.9. The van der Waals surface area contributed by atoms with Crippen LogP contribution in [0.3, 0.4) is 0 Å². The Hall–Kier alpha value is -3.73. The van der Waals surface area contributed by atoms with Gasteiger partial charge in [0.2, 0.25) is 0 Å². The summed E-state index contributed by atoms with van der Waals surface area (Å²) in [5.74, 6) is -0.735. The van der Waals surface area contributed by atoms with Crippen molar-refractivity contribution in [3.8, 4) is 5.75 Å². The first-order valence-corrected chi connectivity index (χ1v) is 11.8. The standard InChI is InChI=1S/C25H22F3N3O4S/c1-3-34-23(33)21-15(2)29-24-31(10-11-36-24)22(21)16-6-4-9-19(12-16)35-14-20(32)30-18-8-5-7-17(13-18)25(26,27)28/h4-13,22H,3,14H2,1-2H3,(H,30,32)/t22-/m1/s1. The molecule has 0 saturated carbocycles. The normalized spacial score (nSPS) is 17.0. The molecule has 2 aromatic carbocycles. The molecule has 0 radical (unpaired) electrons. The number of carbonyl (C=O) groups excluding carboxylic acids is 2. The van der Waals surface area contributed by atoms with Gasteiger partial charge in [0.05, 0.1) is 29.5 Å². The summed E-state index contributed by atoms with van der Waals surface area (Å²) in [5, 5.41) is 4.99. The van der Waals surface area contributed by atoms with Gasteiger partial charge in [0.1, 0.15) is 5.75 Å². The molecule has 11 heteroatoms. The molecular formula is C25H22F3N3O4S. The molecule has 188 valence electrons. The van der Waals surface area contributed by atoms with E-state index in [1.54, 1.807) is 32.0 Å². The second-order valence-corrected chi connectivity index (χ2v) is 8.69. The van der Waals surface area contributed by atoms with Gasteiger partial charge in [-0.05, 0) is 55.2 Å². The summed E-state index contributed by atoms with van der Waals surface area (Å²) in [6.07, 6.45) is -2.69. The molecule has 7 nitrogen and oxygen atoms in total. The maximum absolute atomic E-state index is 12.9. The minimum Gasteiger partial charge on any atom is -0.484 e. The number of carbonyl (C=O) groups is 2. The Morgan fingerprint density at radius 1 is 1.17 bits per heavy atom. The lowest BCUT2D eigenvalue weighted by Crippen LogP contribution is -2.34. The number of amidine groups is 1. The minimum absolute atomic E-state index is 0.0132. The van der Waals surface area contributed by atoms with Crippen LogP contribution in [0.25, 0.3) is 0 Å². The molecule has 0 saturated heterocycles. The maximum Gasteiger partial charge on any atom is 0.416 e. The van der Waals surface area contributed by atoms with Crippen LogP contribution in [0.15, 0.2) is 76.4 Å². The van der Waals surface area contributed by atoms with Crippen LogP contribution in [0.2, 0.25) is 0 Å². The number of halogens is 3. The van der Waals surface area contributed by atoms with E-state index >= 15 is 0 Å². The van der Waals surface area contributed by atoms with Gasteiger partial charge in [0.25, 0.3) is 5.91 Å². The molecule has 2 aliphatic heterocycles. The average Bonchev–Trinajstić information content (AvgIpc) is 3.30. The van der Waals surface area contributed by atoms with E-state index in [1.807, 2.05) is 22.6 Å². The number of alkyl halides is 3. The number of allylic oxidation sites excluding steroid dienone is 1. The highest BCUT2D eigenvalue weighted by Crippen LogP contribution is 2.41. The van der Waals surface area contributed by atoms with E-state index in [2.05, 4.69) is 10.3 Å². The number of anilines is 1. The third-order valence-corrected chi connectivity index (χ3v) is 6.10. The SMILES string of the molecule is CCOC(=O)C1=C(C)N=C2SC=CN2[C@@H]1c1cccc(OCC(=O)Nc2cccc(C(F)(F)F)c2)c1. The van der Waals surface area contributed by atoms with Gasteiger partial charge in [-0.3, -0.25) is 4.79 Å². The van der Waals surface area contributed by atoms with Gasteiger partial charge in [-0.15, -0.1) is 0 Å². The van der Waals surface area contributed by atoms with E-state index in [4.69, 9.17) is 9.47 Å². The average molecular weight is 518 g/mol. The molecule has 0 aromatic heterocycles. The third kappa shape index (κ3) is 5.56. The molecule has 4 rings (SSSR count). The molecule has 0 fully saturated rings. The fourth-order valence-electron chi connectivity index (χ4n) is 3.79. The highest BCUT2D eigenvalue weighted by Gasteiger charge is 2.37. The molecule has 2 aliphatic rings. The topological polar surface area (TPSA) is 80.2 Å². The molecule has 1 N–H and O–H groups in total. The van der Waals surface area contributed by atoms with E-state index in [-0.39, 0.29) is 12.3 Å². The van der Waals surface area contributed by atoms with Gasteiger partial charge < -0.3 is 19.7 Å². The minimum atomic E-state index is -4.51. The quantitative estimate of drug-likeness (QED) is 0.490. The van der Waals surface area contributed by atoms with Crippen molar-refractivity contribution in [2.45, 2.75) is 26.1 Å². The van der Waals surface area contributed by atoms with Crippen LogP contribution in [0, 0.1) is 0 Å². The van der Waals surface area contributed by atoms with E-state index < -0.39 is 36.3 Å². The van der Waals surface area contributed by atoms with Crippen molar-refractivity contribution in [3.05, 3.63) is 82.5 Å². The Morgan fingerprint density at radius 3 is 2.69 bits per heavy atom. The van der Waals surface area contributed by atoms with Gasteiger partial charge in [-0.2, -0.15) is 13.2 Å². The summed E-state index contributed by atoms with van der Waals surface area (Å²) in [6, 6.07) is 10.8. The Morgan fingerprint density at radius 2 is 1.94 bits per heavy atom. The van der Waals surface area contributed by atoms with Crippen molar-refractivity contribution in [2.24, 2.45) is 4.99 Å². The number of hydrogen-bond donors (Lipinski definition) is 1. The number of nitrogens with one attached hydrogen (secondary N) is 1. The summed E-state index contributed by atoms with van der Waals surface area (Å²) < 4.78 is 49.6. The number of thioether (sulfide) groups is 1. The second-order valence-electron chi connectivity index (χ2n) is 7.81. The lowest BCUT2D eigenvalue weighted by atomic mass is 9.94. The van der Waals surface area contributed by atoms with Gasteiger partial charge in [0.15, 0.2) is 11.8 Å². The second kappa shape index (κ2) is 10.5. The summed E-state index contributed by atoms with van der Waals surface area (Å²) in [5.41, 5.74) is 0.811. The molecule has 0 aliphatic carbocycles. The number of benzene rings is 2. The fourth-order valence-corrected chi connectivity index (χ4v) is 4.58. The number of fused-ring (bicyclic) bond motifs is 1. The van der Waals surface area contributed by atoms with Crippen LogP contribution in [-0.2, 0) is 20.5 Å². The van der Waals surface area contributed by atoms with Gasteiger partial charge in [-0.25, -0.2) is 9.79 Å². The smallest absolute Gasteiger partial charge is 0.416 e. The fraction of sp³-hybridized carbons (Fsp3) is 0.240. The van der Waals surface area contributed by atoms with Crippen molar-refractivity contribution in [1.29, 1.82) is 0 Å². The Balaban J connectivity index is 1.50. The lowest BCUT2D eigenvalue weighted by molar-refractivity contribution is -0.139. The molecule has 1 amide bonds. The molecule has 0 bridgehead atoms. The van der Waals surface area contributed by atoms with Gasteiger partial charge in [0, 0.05) is 11.9 Å². The largest absolute Gasteiger partial charge is 0.484 e. The monoisotopic (exact) mass is 517 g/mol. The number of aliphatic imine (C=N–C) groups is 1. The van der Waals surface area contributed by atoms with Crippen molar-refractivity contribution in [3.63, 3.8) is 0 Å². The third-order valence-electron chi connectivity index (χ3n) is 5.33. The van der Waals surface area contributed by atoms with Crippen molar-refractivity contribution in [2.75, 3.05) is 18.5 Å². The van der Waals surface area contributed by atoms with Gasteiger partial charge in [-0.1, -0.05) is 30.0 Å². The highest BCUT2D eigenvalue weighted by molar-refractivity contribution is 8.16. The molecule has 1 atom stereocenters. The van der Waals surface area contributed by atoms with Crippen LogP contribution in [-0.4, -0.2) is 35.2 Å². The first-order chi connectivity index (χ1) is 17.2. The van der Waals surface area contributed by atoms with Crippen molar-refractivity contribution < 1.29 is 32.2 Å². The van der Waals surface area contributed by atoms with Crippen LogP contribution < -0.4 is 10.1 Å². The molecule has 0 unspecified atom stereocenters. The number of hydrogen-bond acceptors (Lipinski definition) is 7. The van der Waals surface area contributed by atoms with Crippen molar-refractivity contribution >= 4 is 34.5 Å². The van der Waals surface area contributed by atoms with Gasteiger partial charge >= 0.3 is 12.1 Å². The highest BCUT2D eigenvalue weighted by atomic mass is 32.2. The van der Waals surface area contributed by atoms with E-state index in [9.17, 15) is 22.8 Å². The Labute approximate surface area is 209 Å². The summed E-state index contributed by atoms with van der Waals surface area (Å²) >= 11 is 1.43. The lowest BCUT2D eigenvalue weighted by Gasteiger charge is -2.33. The van der Waals surface area contributed by atoms with Crippen LogP contribution in [0.5, 0.6) is 5.75 Å². The van der Waals surface area contributed by atoms with Crippen LogP contribution in [0.1, 0.15) is 31.0 Å². The predicted octanol–water partition coefficient (Wildman–Crippen LogP) is 5.49. The van der Waals surface area contributed by atoms with Crippen LogP contribution >= 0.6 is 11.8 Å². The first kappa shape index (κ1) is 25.4. The predicted molar refractivity (Wildman–Crippen MR) is 130 cm³/mol. The summed E-state index contributed by atoms with van der Waals surface area (Å²) in [4.78, 5) is 31.5.